The molecule has 1 aromatic carbocycles. The first-order chi connectivity index (χ1) is 9.97. The Morgan fingerprint density at radius 3 is 2.67 bits per heavy atom. The van der Waals surface area contributed by atoms with E-state index in [1.807, 2.05) is 18.2 Å². The summed E-state index contributed by atoms with van der Waals surface area (Å²) in [5.41, 5.74) is 0.613. The summed E-state index contributed by atoms with van der Waals surface area (Å²) >= 11 is 0. The van der Waals surface area contributed by atoms with Gasteiger partial charge in [-0.3, -0.25) is 9.78 Å². The summed E-state index contributed by atoms with van der Waals surface area (Å²) in [4.78, 5) is 21.5. The first-order valence-corrected chi connectivity index (χ1v) is 7.36. The van der Waals surface area contributed by atoms with Gasteiger partial charge in [-0.05, 0) is 38.6 Å². The summed E-state index contributed by atoms with van der Waals surface area (Å²) in [5.74, 6) is 1.16. The molecule has 0 unspecified atom stereocenters. The number of hydrogen-bond acceptors (Lipinski definition) is 4. The zero-order valence-electron chi connectivity index (χ0n) is 13.2. The van der Waals surface area contributed by atoms with E-state index in [-0.39, 0.29) is 5.56 Å². The van der Waals surface area contributed by atoms with E-state index in [9.17, 15) is 4.79 Å². The molecule has 0 saturated heterocycles. The van der Waals surface area contributed by atoms with Crippen molar-refractivity contribution in [3.05, 3.63) is 34.6 Å². The smallest absolute Gasteiger partial charge is 0.260 e. The third kappa shape index (κ3) is 4.04. The highest BCUT2D eigenvalue weighted by molar-refractivity contribution is 5.78. The van der Waals surface area contributed by atoms with Crippen LogP contribution in [0.25, 0.3) is 10.9 Å². The first-order valence-electron chi connectivity index (χ1n) is 7.36. The van der Waals surface area contributed by atoms with Crippen LogP contribution >= 0.6 is 0 Å². The van der Waals surface area contributed by atoms with Gasteiger partial charge in [0.25, 0.3) is 5.56 Å². The molecule has 5 heteroatoms. The molecule has 0 spiro atoms. The standard InChI is InChI=1S/C16H24N4O/c1-11(2)9-12(20(3)4)10-17-16-18-14-8-6-5-7-13(14)15(21)19-16/h5-8,11-12H,9-10H2,1-4H3,(H2,17,18,19,21)/t12-/m1/s1. The molecule has 5 nitrogen and oxygen atoms in total. The van der Waals surface area contributed by atoms with Crippen LogP contribution in [0.2, 0.25) is 0 Å². The van der Waals surface area contributed by atoms with Crippen molar-refractivity contribution in [2.24, 2.45) is 5.92 Å². The molecule has 0 aliphatic heterocycles. The molecule has 0 aliphatic rings. The number of aromatic amines is 1. The second-order valence-corrected chi connectivity index (χ2v) is 6.06. The van der Waals surface area contributed by atoms with Crippen molar-refractivity contribution >= 4 is 16.9 Å². The summed E-state index contributed by atoms with van der Waals surface area (Å²) in [5, 5.41) is 3.88. The zero-order valence-corrected chi connectivity index (χ0v) is 13.2. The van der Waals surface area contributed by atoms with Crippen molar-refractivity contribution in [1.82, 2.24) is 14.9 Å². The quantitative estimate of drug-likeness (QED) is 0.856. The summed E-state index contributed by atoms with van der Waals surface area (Å²) in [7, 11) is 4.15. The van der Waals surface area contributed by atoms with Crippen molar-refractivity contribution in [1.29, 1.82) is 0 Å². The molecule has 2 N–H and O–H groups in total. The highest BCUT2D eigenvalue weighted by Gasteiger charge is 2.13. The minimum absolute atomic E-state index is 0.103. The van der Waals surface area contributed by atoms with E-state index >= 15 is 0 Å². The Morgan fingerprint density at radius 2 is 2.00 bits per heavy atom. The zero-order chi connectivity index (χ0) is 15.4. The number of nitrogens with one attached hydrogen (secondary N) is 2. The van der Waals surface area contributed by atoms with Crippen molar-refractivity contribution in [3.63, 3.8) is 0 Å². The number of H-pyrrole nitrogens is 1. The fourth-order valence-electron chi connectivity index (χ4n) is 2.41. The number of aromatic nitrogens is 2. The summed E-state index contributed by atoms with van der Waals surface area (Å²) in [6.07, 6.45) is 1.10. The van der Waals surface area contributed by atoms with Gasteiger partial charge in [0.1, 0.15) is 0 Å². The summed E-state index contributed by atoms with van der Waals surface area (Å²) in [6.45, 7) is 5.19. The fraction of sp³-hybridized carbons (Fsp3) is 0.500. The maximum atomic E-state index is 12.0. The van der Waals surface area contributed by atoms with Crippen LogP contribution in [-0.4, -0.2) is 41.5 Å². The molecule has 1 aromatic heterocycles. The number of anilines is 1. The number of hydrogen-bond donors (Lipinski definition) is 2. The molecule has 2 rings (SSSR count). The molecule has 21 heavy (non-hydrogen) atoms. The van der Waals surface area contributed by atoms with Crippen LogP contribution < -0.4 is 10.9 Å². The SMILES string of the molecule is CC(C)C[C@H](CNc1nc2ccccc2c(=O)[nH]1)N(C)C. The second-order valence-electron chi connectivity index (χ2n) is 6.06. The number of fused-ring (bicyclic) bond motifs is 1. The Hall–Kier alpha value is -1.88. The molecular formula is C16H24N4O. The van der Waals surface area contributed by atoms with Crippen LogP contribution in [0.4, 0.5) is 5.95 Å². The first kappa shape index (κ1) is 15.5. The van der Waals surface area contributed by atoms with Crippen LogP contribution in [0, 0.1) is 5.92 Å². The van der Waals surface area contributed by atoms with Gasteiger partial charge >= 0.3 is 0 Å². The molecule has 1 heterocycles. The Morgan fingerprint density at radius 1 is 1.29 bits per heavy atom. The maximum absolute atomic E-state index is 12.0. The maximum Gasteiger partial charge on any atom is 0.260 e. The molecule has 0 aliphatic carbocycles. The molecule has 114 valence electrons. The van der Waals surface area contributed by atoms with Gasteiger partial charge in [0.05, 0.1) is 10.9 Å². The van der Waals surface area contributed by atoms with Crippen LogP contribution in [0.5, 0.6) is 0 Å². The number of benzene rings is 1. The molecule has 2 aromatic rings. The van der Waals surface area contributed by atoms with Gasteiger partial charge in [-0.15, -0.1) is 0 Å². The van der Waals surface area contributed by atoms with E-state index in [1.165, 1.54) is 0 Å². The van der Waals surface area contributed by atoms with Crippen molar-refractivity contribution in [2.45, 2.75) is 26.3 Å². The molecule has 0 saturated carbocycles. The normalized spacial score (nSPS) is 13.0. The van der Waals surface area contributed by atoms with E-state index in [4.69, 9.17) is 0 Å². The van der Waals surface area contributed by atoms with E-state index in [0.717, 1.165) is 13.0 Å². The molecule has 0 radical (unpaired) electrons. The number of nitrogens with zero attached hydrogens (tertiary/aromatic N) is 2. The van der Waals surface area contributed by atoms with Crippen molar-refractivity contribution < 1.29 is 0 Å². The topological polar surface area (TPSA) is 61.0 Å². The highest BCUT2D eigenvalue weighted by Crippen LogP contribution is 2.11. The van der Waals surface area contributed by atoms with Crippen molar-refractivity contribution in [3.8, 4) is 0 Å². The Balaban J connectivity index is 2.14. The lowest BCUT2D eigenvalue weighted by atomic mass is 10.0. The van der Waals surface area contributed by atoms with Gasteiger partial charge in [0.2, 0.25) is 5.95 Å². The second kappa shape index (κ2) is 6.72. The lowest BCUT2D eigenvalue weighted by molar-refractivity contribution is 0.265. The largest absolute Gasteiger partial charge is 0.354 e. The van der Waals surface area contributed by atoms with Crippen LogP contribution in [-0.2, 0) is 0 Å². The average molecular weight is 288 g/mol. The number of para-hydroxylation sites is 1. The van der Waals surface area contributed by atoms with Gasteiger partial charge < -0.3 is 10.2 Å². The predicted molar refractivity (Wildman–Crippen MR) is 87.8 cm³/mol. The van der Waals surface area contributed by atoms with Crippen LogP contribution in [0.15, 0.2) is 29.1 Å². The monoisotopic (exact) mass is 288 g/mol. The van der Waals surface area contributed by atoms with Gasteiger partial charge in [-0.25, -0.2) is 4.98 Å². The third-order valence-electron chi connectivity index (χ3n) is 3.59. The molecule has 0 fully saturated rings. The van der Waals surface area contributed by atoms with E-state index < -0.39 is 0 Å². The third-order valence-corrected chi connectivity index (χ3v) is 3.59. The molecular weight excluding hydrogens is 264 g/mol. The number of likely N-dealkylation sites (N-methyl/N-ethyl adjacent to an activating group) is 1. The lowest BCUT2D eigenvalue weighted by Gasteiger charge is -2.26. The number of rotatable bonds is 6. The molecule has 1 atom stereocenters. The van der Waals surface area contributed by atoms with Gasteiger partial charge in [0.15, 0.2) is 0 Å². The van der Waals surface area contributed by atoms with E-state index in [2.05, 4.69) is 48.1 Å². The van der Waals surface area contributed by atoms with Gasteiger partial charge in [-0.2, -0.15) is 0 Å². The Bertz CT molecular complexity index is 648. The Labute approximate surface area is 125 Å². The van der Waals surface area contributed by atoms with Gasteiger partial charge in [-0.1, -0.05) is 26.0 Å². The van der Waals surface area contributed by atoms with Crippen molar-refractivity contribution in [2.75, 3.05) is 26.0 Å². The fourth-order valence-corrected chi connectivity index (χ4v) is 2.41. The lowest BCUT2D eigenvalue weighted by Crippen LogP contribution is -2.36. The van der Waals surface area contributed by atoms with Crippen LogP contribution in [0.1, 0.15) is 20.3 Å². The van der Waals surface area contributed by atoms with Gasteiger partial charge in [0, 0.05) is 12.6 Å². The minimum atomic E-state index is -0.103. The molecule has 0 amide bonds. The average Bonchev–Trinajstić information content (AvgIpc) is 2.43. The minimum Gasteiger partial charge on any atom is -0.354 e. The summed E-state index contributed by atoms with van der Waals surface area (Å²) in [6, 6.07) is 7.78. The highest BCUT2D eigenvalue weighted by atomic mass is 16.1. The van der Waals surface area contributed by atoms with Crippen LogP contribution in [0.3, 0.4) is 0 Å². The Kier molecular flexibility index (Phi) is 4.96. The predicted octanol–water partition coefficient (Wildman–Crippen LogP) is 2.31. The molecule has 0 bridgehead atoms. The summed E-state index contributed by atoms with van der Waals surface area (Å²) < 4.78 is 0. The van der Waals surface area contributed by atoms with E-state index in [0.29, 0.717) is 28.8 Å². The van der Waals surface area contributed by atoms with E-state index in [1.54, 1.807) is 6.07 Å².